The molecular weight excluding hydrogens is 342 g/mol. The fraction of sp³-hybridized carbons (Fsp3) is 0.222. The Morgan fingerprint density at radius 1 is 0.960 bits per heavy atom. The summed E-state index contributed by atoms with van der Waals surface area (Å²) in [5.74, 6) is 0.486. The third-order valence-electron chi connectivity index (χ3n) is 3.35. The van der Waals surface area contributed by atoms with Crippen LogP contribution in [0, 0.1) is 0 Å². The van der Waals surface area contributed by atoms with Crippen molar-refractivity contribution in [3.63, 3.8) is 0 Å². The van der Waals surface area contributed by atoms with Gasteiger partial charge in [-0.3, -0.25) is 9.59 Å². The zero-order chi connectivity index (χ0) is 18.2. The number of carbonyl (C=O) groups is 2. The second-order valence-electron chi connectivity index (χ2n) is 4.88. The van der Waals surface area contributed by atoms with Crippen molar-refractivity contribution < 1.29 is 23.8 Å². The number of anilines is 1. The van der Waals surface area contributed by atoms with Crippen molar-refractivity contribution >= 4 is 29.3 Å². The van der Waals surface area contributed by atoms with Gasteiger partial charge in [0.2, 0.25) is 0 Å². The molecule has 0 heterocycles. The van der Waals surface area contributed by atoms with Crippen molar-refractivity contribution in [1.29, 1.82) is 0 Å². The van der Waals surface area contributed by atoms with Gasteiger partial charge in [0, 0.05) is 10.6 Å². The number of carbonyl (C=O) groups excluding carboxylic acids is 2. The molecule has 2 aromatic carbocycles. The first kappa shape index (κ1) is 18.7. The van der Waals surface area contributed by atoms with Crippen LogP contribution < -0.4 is 14.8 Å². The molecule has 7 heteroatoms. The van der Waals surface area contributed by atoms with E-state index in [4.69, 9.17) is 9.47 Å². The quantitative estimate of drug-likeness (QED) is 0.603. The molecule has 0 aliphatic rings. The summed E-state index contributed by atoms with van der Waals surface area (Å²) in [6.45, 7) is 0. The first-order valence-electron chi connectivity index (χ1n) is 7.41. The Bertz CT molecular complexity index is 723. The number of amides is 1. The van der Waals surface area contributed by atoms with Crippen molar-refractivity contribution in [2.45, 2.75) is 4.90 Å². The lowest BCUT2D eigenvalue weighted by atomic mass is 10.1. The smallest absolute Gasteiger partial charge is 0.315 e. The van der Waals surface area contributed by atoms with Gasteiger partial charge < -0.3 is 19.5 Å². The van der Waals surface area contributed by atoms with Gasteiger partial charge in [0.15, 0.2) is 0 Å². The minimum atomic E-state index is -0.329. The van der Waals surface area contributed by atoms with Gasteiger partial charge in [-0.15, -0.1) is 11.8 Å². The SMILES string of the molecule is COC(=O)CSc1ccc(NC(=O)c2c(OC)cccc2OC)cc1. The molecule has 6 nitrogen and oxygen atoms in total. The average Bonchev–Trinajstić information content (AvgIpc) is 2.66. The Kier molecular flexibility index (Phi) is 6.71. The maximum Gasteiger partial charge on any atom is 0.315 e. The van der Waals surface area contributed by atoms with Crippen molar-refractivity contribution in [2.75, 3.05) is 32.4 Å². The molecule has 2 aromatic rings. The van der Waals surface area contributed by atoms with E-state index in [2.05, 4.69) is 10.1 Å². The molecular formula is C18H19NO5S. The van der Waals surface area contributed by atoms with Gasteiger partial charge in [-0.25, -0.2) is 0 Å². The van der Waals surface area contributed by atoms with Crippen molar-refractivity contribution in [3.05, 3.63) is 48.0 Å². The van der Waals surface area contributed by atoms with E-state index in [0.29, 0.717) is 22.7 Å². The van der Waals surface area contributed by atoms with E-state index in [1.165, 1.54) is 33.1 Å². The number of hydrogen-bond acceptors (Lipinski definition) is 6. The number of ether oxygens (including phenoxy) is 3. The van der Waals surface area contributed by atoms with Crippen LogP contribution in [0.4, 0.5) is 5.69 Å². The molecule has 0 unspecified atom stereocenters. The highest BCUT2D eigenvalue weighted by atomic mass is 32.2. The van der Waals surface area contributed by atoms with Crippen LogP contribution >= 0.6 is 11.8 Å². The van der Waals surface area contributed by atoms with Gasteiger partial charge in [0.05, 0.1) is 27.1 Å². The molecule has 0 fully saturated rings. The summed E-state index contributed by atoms with van der Waals surface area (Å²) in [5, 5.41) is 2.81. The van der Waals surface area contributed by atoms with Crippen LogP contribution in [0.25, 0.3) is 0 Å². The lowest BCUT2D eigenvalue weighted by Gasteiger charge is -2.13. The number of thioether (sulfide) groups is 1. The maximum atomic E-state index is 12.6. The Morgan fingerprint density at radius 3 is 2.08 bits per heavy atom. The lowest BCUT2D eigenvalue weighted by molar-refractivity contribution is -0.137. The van der Waals surface area contributed by atoms with E-state index in [1.807, 2.05) is 12.1 Å². The minimum Gasteiger partial charge on any atom is -0.496 e. The molecule has 25 heavy (non-hydrogen) atoms. The molecule has 132 valence electrons. The fourth-order valence-corrected chi connectivity index (χ4v) is 2.84. The number of rotatable bonds is 7. The molecule has 0 aliphatic heterocycles. The third kappa shape index (κ3) is 4.90. The zero-order valence-electron chi connectivity index (χ0n) is 14.2. The van der Waals surface area contributed by atoms with Crippen LogP contribution in [0.1, 0.15) is 10.4 Å². The molecule has 1 amide bonds. The molecule has 2 rings (SSSR count). The highest BCUT2D eigenvalue weighted by Gasteiger charge is 2.18. The monoisotopic (exact) mass is 361 g/mol. The predicted octanol–water partition coefficient (Wildman–Crippen LogP) is 3.22. The molecule has 0 atom stereocenters. The Hall–Kier alpha value is -2.67. The van der Waals surface area contributed by atoms with E-state index < -0.39 is 0 Å². The van der Waals surface area contributed by atoms with Crippen LogP contribution in [0.2, 0.25) is 0 Å². The Morgan fingerprint density at radius 2 is 1.56 bits per heavy atom. The largest absolute Gasteiger partial charge is 0.496 e. The molecule has 1 N–H and O–H groups in total. The normalized spacial score (nSPS) is 10.0. The van der Waals surface area contributed by atoms with Crippen LogP contribution in [-0.4, -0.2) is 39.0 Å². The van der Waals surface area contributed by atoms with E-state index in [-0.39, 0.29) is 17.6 Å². The van der Waals surface area contributed by atoms with E-state index in [1.54, 1.807) is 30.3 Å². The van der Waals surface area contributed by atoms with Gasteiger partial charge in [0.25, 0.3) is 5.91 Å². The molecule has 0 bridgehead atoms. The van der Waals surface area contributed by atoms with E-state index >= 15 is 0 Å². The van der Waals surface area contributed by atoms with E-state index in [9.17, 15) is 9.59 Å². The summed E-state index contributed by atoms with van der Waals surface area (Å²) in [7, 11) is 4.35. The van der Waals surface area contributed by atoms with Gasteiger partial charge in [-0.05, 0) is 36.4 Å². The average molecular weight is 361 g/mol. The molecule has 0 spiro atoms. The maximum absolute atomic E-state index is 12.6. The highest BCUT2D eigenvalue weighted by Crippen LogP contribution is 2.29. The summed E-state index contributed by atoms with van der Waals surface area (Å²) >= 11 is 1.36. The summed E-state index contributed by atoms with van der Waals surface area (Å²) < 4.78 is 15.1. The number of hydrogen-bond donors (Lipinski definition) is 1. The number of nitrogens with one attached hydrogen (secondary N) is 1. The highest BCUT2D eigenvalue weighted by molar-refractivity contribution is 8.00. The van der Waals surface area contributed by atoms with Crippen molar-refractivity contribution in [2.24, 2.45) is 0 Å². The molecule has 0 radical (unpaired) electrons. The molecule has 0 aromatic heterocycles. The fourth-order valence-electron chi connectivity index (χ4n) is 2.10. The van der Waals surface area contributed by atoms with Crippen LogP contribution in [0.5, 0.6) is 11.5 Å². The van der Waals surface area contributed by atoms with E-state index in [0.717, 1.165) is 4.90 Å². The minimum absolute atomic E-state index is 0.237. The third-order valence-corrected chi connectivity index (χ3v) is 4.34. The molecule has 0 aliphatic carbocycles. The zero-order valence-corrected chi connectivity index (χ0v) is 15.0. The first-order chi connectivity index (χ1) is 12.1. The first-order valence-corrected chi connectivity index (χ1v) is 8.39. The molecule has 0 saturated heterocycles. The summed E-state index contributed by atoms with van der Waals surface area (Å²) in [4.78, 5) is 24.6. The number of esters is 1. The van der Waals surface area contributed by atoms with Crippen LogP contribution in [0.3, 0.4) is 0 Å². The summed E-state index contributed by atoms with van der Waals surface area (Å²) in [6, 6.07) is 12.3. The Balaban J connectivity index is 2.10. The van der Waals surface area contributed by atoms with Crippen molar-refractivity contribution in [3.8, 4) is 11.5 Å². The summed E-state index contributed by atoms with van der Waals surface area (Å²) in [6.07, 6.45) is 0. The standard InChI is InChI=1S/C18H19NO5S/c1-22-14-5-4-6-15(23-2)17(14)18(21)19-12-7-9-13(10-8-12)25-11-16(20)24-3/h4-10H,11H2,1-3H3,(H,19,21). The Labute approximate surface area is 150 Å². The lowest BCUT2D eigenvalue weighted by Crippen LogP contribution is -2.14. The number of methoxy groups -OCH3 is 3. The summed E-state index contributed by atoms with van der Waals surface area (Å²) in [5.41, 5.74) is 0.956. The van der Waals surface area contributed by atoms with Gasteiger partial charge in [-0.1, -0.05) is 6.07 Å². The second kappa shape index (κ2) is 8.98. The predicted molar refractivity (Wildman–Crippen MR) is 96.7 cm³/mol. The number of benzene rings is 2. The topological polar surface area (TPSA) is 73.9 Å². The van der Waals surface area contributed by atoms with Crippen LogP contribution in [0.15, 0.2) is 47.4 Å². The van der Waals surface area contributed by atoms with Gasteiger partial charge >= 0.3 is 5.97 Å². The van der Waals surface area contributed by atoms with Gasteiger partial charge in [0.1, 0.15) is 17.1 Å². The van der Waals surface area contributed by atoms with Gasteiger partial charge in [-0.2, -0.15) is 0 Å². The second-order valence-corrected chi connectivity index (χ2v) is 5.93. The molecule has 0 saturated carbocycles. The van der Waals surface area contributed by atoms with Crippen LogP contribution in [-0.2, 0) is 9.53 Å². The van der Waals surface area contributed by atoms with Crippen molar-refractivity contribution in [1.82, 2.24) is 0 Å².